The van der Waals surface area contributed by atoms with Gasteiger partial charge in [-0.25, -0.2) is 4.98 Å². The van der Waals surface area contributed by atoms with E-state index in [9.17, 15) is 0 Å². The van der Waals surface area contributed by atoms with E-state index < -0.39 is 0 Å². The van der Waals surface area contributed by atoms with Crippen molar-refractivity contribution in [2.45, 2.75) is 20.3 Å². The maximum Gasteiger partial charge on any atom is 0.226 e. The third kappa shape index (κ3) is 3.24. The minimum Gasteiger partial charge on any atom is -1.00 e. The molecule has 0 atom stereocenters. The third-order valence-electron chi connectivity index (χ3n) is 8.20. The smallest absolute Gasteiger partial charge is 0.226 e. The number of pyridine rings is 2. The molecule has 8 rings (SSSR count). The van der Waals surface area contributed by atoms with Crippen LogP contribution in [0.4, 0.5) is 0 Å². The average Bonchev–Trinajstić information content (AvgIpc) is 2.92. The quantitative estimate of drug-likeness (QED) is 0.119. The highest BCUT2D eigenvalue weighted by molar-refractivity contribution is 6.33. The Morgan fingerprint density at radius 2 is 1.61 bits per heavy atom. The van der Waals surface area contributed by atoms with Crippen LogP contribution in [0.2, 0.25) is 0 Å². The number of halogens is 1. The van der Waals surface area contributed by atoms with Crippen molar-refractivity contribution in [1.29, 1.82) is 0 Å². The molecule has 1 N–H and O–H groups in total. The van der Waals surface area contributed by atoms with Crippen LogP contribution in [0.3, 0.4) is 0 Å². The first-order valence-electron chi connectivity index (χ1n) is 13.0. The van der Waals surface area contributed by atoms with Gasteiger partial charge in [0, 0.05) is 29.7 Å². The van der Waals surface area contributed by atoms with Crippen LogP contribution in [0.1, 0.15) is 22.3 Å². The molecule has 0 saturated heterocycles. The molecule has 1 aliphatic rings. The molecule has 1 aliphatic heterocycles. The van der Waals surface area contributed by atoms with Gasteiger partial charge in [-0.3, -0.25) is 0 Å². The summed E-state index contributed by atoms with van der Waals surface area (Å²) in [7, 11) is 0. The molecule has 3 heterocycles. The summed E-state index contributed by atoms with van der Waals surface area (Å²) < 4.78 is 2.45. The van der Waals surface area contributed by atoms with E-state index >= 15 is 0 Å². The number of hydrogen-bond donors (Lipinski definition) is 0. The molecular formula is C35H26IN2+. The first-order valence-corrected chi connectivity index (χ1v) is 13.0. The van der Waals surface area contributed by atoms with Gasteiger partial charge in [-0.15, -0.1) is 0 Å². The van der Waals surface area contributed by atoms with Crippen molar-refractivity contribution < 1.29 is 33.5 Å². The zero-order valence-electron chi connectivity index (χ0n) is 21.3. The molecule has 0 fully saturated rings. The summed E-state index contributed by atoms with van der Waals surface area (Å²) in [5.41, 5.74) is 10.3. The van der Waals surface area contributed by atoms with Crippen LogP contribution in [0.5, 0.6) is 0 Å². The number of benzene rings is 5. The number of rotatable bonds is 2. The lowest BCUT2D eigenvalue weighted by Crippen LogP contribution is -3.00. The highest BCUT2D eigenvalue weighted by Gasteiger charge is 2.30. The van der Waals surface area contributed by atoms with Gasteiger partial charge < -0.3 is 24.0 Å². The zero-order valence-corrected chi connectivity index (χ0v) is 23.5. The van der Waals surface area contributed by atoms with Gasteiger partial charge >= 0.3 is 0 Å². The molecule has 0 saturated carbocycles. The minimum absolute atomic E-state index is 0. The number of aryl methyl sites for hydroxylation is 2. The number of nitrogens with zero attached hydrogens (tertiary/aromatic N) is 1. The van der Waals surface area contributed by atoms with Gasteiger partial charge in [0.1, 0.15) is 0 Å². The van der Waals surface area contributed by atoms with E-state index in [1.54, 1.807) is 0 Å². The Balaban J connectivity index is 0.00000242. The minimum atomic E-state index is 0. The standard InChI is InChI=1S/C35H25N2.HI/c1-21-14-15-36-31(17-21)27-9-4-3-7-24(27)19-26-20-30-22(2)18-25-13-12-23-8-5-10-28-29-11-6-16-37(26)35(29)34(30)33(25)32(23)28;/h3-19H,20H2,1-2H3;1H/q+1;/b26-19-;. The van der Waals surface area contributed by atoms with Gasteiger partial charge in [0.15, 0.2) is 18.1 Å². The Morgan fingerprint density at radius 3 is 2.50 bits per heavy atom. The van der Waals surface area contributed by atoms with Crippen molar-refractivity contribution in [2.75, 3.05) is 0 Å². The number of fused-ring (bicyclic) bond motifs is 1. The van der Waals surface area contributed by atoms with Crippen LogP contribution in [0.25, 0.3) is 66.3 Å². The van der Waals surface area contributed by atoms with Crippen molar-refractivity contribution in [1.82, 2.24) is 0 Å². The van der Waals surface area contributed by atoms with Crippen LogP contribution < -0.4 is 33.5 Å². The highest BCUT2D eigenvalue weighted by Crippen LogP contribution is 2.44. The molecule has 0 bridgehead atoms. The Labute approximate surface area is 238 Å². The molecule has 38 heavy (non-hydrogen) atoms. The summed E-state index contributed by atoms with van der Waals surface area (Å²) in [5, 5.41) is 9.56. The largest absolute Gasteiger partial charge is 1.00 e. The van der Waals surface area contributed by atoms with E-state index in [0.717, 1.165) is 12.1 Å². The average molecular weight is 602 g/mol. The SMILES string of the molecule is Cc1cc[nH+]c(-c2ccccc2/C=C2/Cc3c(C)cc4ccc5cccc6c7ccc[n+]2c7c3c4c56)c1.[I-]. The second kappa shape index (κ2) is 8.60. The lowest BCUT2D eigenvalue weighted by Gasteiger charge is -2.21. The normalized spacial score (nSPS) is 13.8. The van der Waals surface area contributed by atoms with Crippen molar-refractivity contribution in [2.24, 2.45) is 0 Å². The van der Waals surface area contributed by atoms with Gasteiger partial charge in [0.05, 0.1) is 22.8 Å². The van der Waals surface area contributed by atoms with Crippen LogP contribution in [0, 0.1) is 13.8 Å². The summed E-state index contributed by atoms with van der Waals surface area (Å²) in [6, 6.07) is 31.3. The Hall–Kier alpha value is -3.83. The number of allylic oxidation sites excluding steroid dienone is 1. The molecule has 0 spiro atoms. The molecule has 2 nitrogen and oxygen atoms in total. The van der Waals surface area contributed by atoms with E-state index in [0.29, 0.717) is 0 Å². The Kier molecular flexibility index (Phi) is 5.27. The Morgan fingerprint density at radius 1 is 0.763 bits per heavy atom. The van der Waals surface area contributed by atoms with E-state index in [1.165, 1.54) is 76.7 Å². The molecule has 2 aromatic heterocycles. The Bertz CT molecular complexity index is 2090. The fourth-order valence-electron chi connectivity index (χ4n) is 6.56. The summed E-state index contributed by atoms with van der Waals surface area (Å²) >= 11 is 0. The van der Waals surface area contributed by atoms with E-state index in [-0.39, 0.29) is 24.0 Å². The number of H-pyrrole nitrogens is 1. The molecule has 182 valence electrons. The summed E-state index contributed by atoms with van der Waals surface area (Å²) in [6.45, 7) is 4.42. The molecule has 5 aromatic carbocycles. The topological polar surface area (TPSA) is 18.0 Å². The van der Waals surface area contributed by atoms with Crippen molar-refractivity contribution in [3.05, 3.63) is 120 Å². The number of aromatic amines is 1. The first kappa shape index (κ1) is 23.3. The third-order valence-corrected chi connectivity index (χ3v) is 8.20. The monoisotopic (exact) mass is 601 g/mol. The predicted molar refractivity (Wildman–Crippen MR) is 154 cm³/mol. The van der Waals surface area contributed by atoms with Gasteiger partial charge in [-0.05, 0) is 69.8 Å². The van der Waals surface area contributed by atoms with E-state index in [2.05, 4.69) is 121 Å². The second-order valence-corrected chi connectivity index (χ2v) is 10.4. The molecule has 0 unspecified atom stereocenters. The van der Waals surface area contributed by atoms with Gasteiger partial charge in [0.2, 0.25) is 11.2 Å². The van der Waals surface area contributed by atoms with E-state index in [4.69, 9.17) is 0 Å². The highest BCUT2D eigenvalue weighted by atomic mass is 127. The lowest BCUT2D eigenvalue weighted by atomic mass is 9.84. The molecular weight excluding hydrogens is 575 g/mol. The van der Waals surface area contributed by atoms with E-state index in [1.807, 2.05) is 6.20 Å². The van der Waals surface area contributed by atoms with Gasteiger partial charge in [-0.1, -0.05) is 54.6 Å². The van der Waals surface area contributed by atoms with Crippen molar-refractivity contribution in [3.8, 4) is 11.3 Å². The van der Waals surface area contributed by atoms with Crippen molar-refractivity contribution >= 4 is 55.0 Å². The van der Waals surface area contributed by atoms with Crippen LogP contribution in [-0.4, -0.2) is 0 Å². The van der Waals surface area contributed by atoms with Crippen LogP contribution in [0.15, 0.2) is 97.3 Å². The molecule has 3 heteroatoms. The molecule has 7 aromatic rings. The number of hydrogen-bond acceptors (Lipinski definition) is 0. The van der Waals surface area contributed by atoms with Crippen molar-refractivity contribution in [3.63, 3.8) is 0 Å². The first-order chi connectivity index (χ1) is 18.2. The zero-order chi connectivity index (χ0) is 24.7. The summed E-state index contributed by atoms with van der Waals surface area (Å²) in [4.78, 5) is 3.46. The lowest BCUT2D eigenvalue weighted by molar-refractivity contribution is -0.553. The predicted octanol–water partition coefficient (Wildman–Crippen LogP) is 4.68. The maximum absolute atomic E-state index is 3.46. The molecule has 0 radical (unpaired) electrons. The number of nitrogens with one attached hydrogen (secondary N) is 1. The van der Waals surface area contributed by atoms with Crippen LogP contribution >= 0.6 is 0 Å². The molecule has 0 aliphatic carbocycles. The summed E-state index contributed by atoms with van der Waals surface area (Å²) in [5.74, 6) is 0. The second-order valence-electron chi connectivity index (χ2n) is 10.4. The van der Waals surface area contributed by atoms with Gasteiger partial charge in [0.25, 0.3) is 0 Å². The van der Waals surface area contributed by atoms with Gasteiger partial charge in [-0.2, -0.15) is 4.57 Å². The maximum atomic E-state index is 3.46. The van der Waals surface area contributed by atoms with Crippen LogP contribution in [-0.2, 0) is 6.42 Å². The number of aromatic nitrogens is 2. The fraction of sp³-hybridized carbons (Fsp3) is 0.0857. The fourth-order valence-corrected chi connectivity index (χ4v) is 6.56. The summed E-state index contributed by atoms with van der Waals surface area (Å²) in [6.07, 6.45) is 7.57. The molecule has 0 amide bonds.